The molecule has 6 atom stereocenters. The fourth-order valence-corrected chi connectivity index (χ4v) is 4.63. The van der Waals surface area contributed by atoms with Gasteiger partial charge in [0.25, 0.3) is 0 Å². The third-order valence-electron chi connectivity index (χ3n) is 4.54. The number of imidazole rings is 1. The third kappa shape index (κ3) is 8.46. The molecule has 18 heteroatoms. The Hall–Kier alpha value is -1.28. The van der Waals surface area contributed by atoms with E-state index in [4.69, 9.17) is 40.6 Å². The monoisotopic (exact) mass is 502 g/mol. The second kappa shape index (κ2) is 12.4. The van der Waals surface area contributed by atoms with Gasteiger partial charge in [-0.2, -0.15) is 0 Å². The van der Waals surface area contributed by atoms with Crippen LogP contribution in [0.5, 0.6) is 0 Å². The Morgan fingerprint density at radius 3 is 2.52 bits per heavy atom. The van der Waals surface area contributed by atoms with Crippen LogP contribution in [0.3, 0.4) is 0 Å². The maximum Gasteiger partial charge on any atom is 1.00 e. The van der Waals surface area contributed by atoms with Crippen molar-refractivity contribution in [1.82, 2.24) is 19.5 Å². The van der Waals surface area contributed by atoms with Gasteiger partial charge in [-0.05, 0) is 10.9 Å². The molecule has 1 aliphatic heterocycles. The summed E-state index contributed by atoms with van der Waals surface area (Å²) in [5.41, 5.74) is 12.1. The minimum Gasteiger partial charge on any atom is -0.790 e. The number of aliphatic hydroxyl groups excluding tert-OH is 2. The van der Waals surface area contributed by atoms with Gasteiger partial charge in [-0.3, -0.25) is 9.36 Å². The smallest absolute Gasteiger partial charge is 0.790 e. The number of carboxylic acid groups (broad SMARTS) is 1. The first kappa shape index (κ1) is 29.7. The number of carbonyl (C=O) groups is 1. The first-order chi connectivity index (χ1) is 14.8. The Morgan fingerprint density at radius 1 is 1.33 bits per heavy atom. The second-order valence-electron chi connectivity index (χ2n) is 6.98. The van der Waals surface area contributed by atoms with E-state index in [0.29, 0.717) is 29.1 Å². The molecule has 0 aromatic carbocycles. The van der Waals surface area contributed by atoms with E-state index >= 15 is 0 Å². The largest absolute Gasteiger partial charge is 1.00 e. The van der Waals surface area contributed by atoms with E-state index in [1.54, 1.807) is 0 Å². The van der Waals surface area contributed by atoms with Gasteiger partial charge in [-0.25, -0.2) is 15.0 Å². The number of nitrogens with zero attached hydrogens (tertiary/aromatic N) is 4. The zero-order chi connectivity index (χ0) is 24.2. The van der Waals surface area contributed by atoms with Gasteiger partial charge in [0.15, 0.2) is 17.7 Å². The molecule has 0 amide bonds. The predicted molar refractivity (Wildman–Crippen MR) is 109 cm³/mol. The molecule has 0 bridgehead atoms. The minimum atomic E-state index is -5.14. The van der Waals surface area contributed by atoms with Gasteiger partial charge in [0.1, 0.15) is 47.7 Å². The summed E-state index contributed by atoms with van der Waals surface area (Å²) in [4.78, 5) is 47.2. The molecule has 3 rings (SSSR count). The van der Waals surface area contributed by atoms with Crippen LogP contribution in [0.1, 0.15) is 12.6 Å². The van der Waals surface area contributed by atoms with Crippen molar-refractivity contribution in [2.75, 3.05) is 23.5 Å². The van der Waals surface area contributed by atoms with Crippen molar-refractivity contribution < 1.29 is 63.0 Å². The predicted octanol–water partition coefficient (Wildman–Crippen LogP) is -7.11. The third-order valence-corrected chi connectivity index (χ3v) is 6.37. The van der Waals surface area contributed by atoms with Crippen LogP contribution in [0.4, 0.5) is 5.82 Å². The van der Waals surface area contributed by atoms with Crippen LogP contribution in [0.2, 0.25) is 0 Å². The van der Waals surface area contributed by atoms with Crippen molar-refractivity contribution in [3.05, 3.63) is 12.7 Å². The number of hydrogen-bond acceptors (Lipinski definition) is 12. The topological polar surface area (TPSA) is 266 Å². The van der Waals surface area contributed by atoms with E-state index in [0.717, 1.165) is 0 Å². The molecule has 33 heavy (non-hydrogen) atoms. The fraction of sp³-hybridized carbons (Fsp3) is 0.600. The maximum absolute atomic E-state index is 10.8. The molecule has 2 aromatic heterocycles. The van der Waals surface area contributed by atoms with E-state index in [1.165, 1.54) is 17.2 Å². The van der Waals surface area contributed by atoms with Crippen LogP contribution < -0.4 is 40.1 Å². The molecule has 15 nitrogen and oxygen atoms in total. The average molecular weight is 502 g/mol. The van der Waals surface area contributed by atoms with Crippen LogP contribution in [0, 0.1) is 0 Å². The number of aliphatic hydroxyl groups is 2. The van der Waals surface area contributed by atoms with Crippen molar-refractivity contribution in [2.24, 2.45) is 5.73 Å². The number of ether oxygens (including phenoxy) is 1. The van der Waals surface area contributed by atoms with E-state index in [2.05, 4.69) is 15.0 Å². The van der Waals surface area contributed by atoms with E-state index in [9.17, 15) is 15.0 Å². The van der Waals surface area contributed by atoms with Crippen LogP contribution in [-0.4, -0.2) is 87.8 Å². The normalized spacial score (nSPS) is 24.5. The Labute approximate surface area is 202 Å². The molecular weight excluding hydrogens is 478 g/mol. The van der Waals surface area contributed by atoms with Gasteiger partial charge in [0, 0.05) is 6.42 Å². The average Bonchev–Trinajstić information content (AvgIpc) is 3.22. The summed E-state index contributed by atoms with van der Waals surface area (Å²) < 4.78 is 16.1. The number of nitrogen functional groups attached to an aromatic ring is 1. The summed E-state index contributed by atoms with van der Waals surface area (Å²) in [6.07, 6.45) is 1.31. The molecule has 0 spiro atoms. The minimum absolute atomic E-state index is 0. The number of rotatable bonds is 7. The van der Waals surface area contributed by atoms with Gasteiger partial charge in [-0.15, -0.1) is 0 Å². The van der Waals surface area contributed by atoms with Crippen LogP contribution in [0.25, 0.3) is 11.2 Å². The maximum atomic E-state index is 10.8. The van der Waals surface area contributed by atoms with Gasteiger partial charge >= 0.3 is 24.8 Å². The number of fused-ring (bicyclic) bond motifs is 1. The Morgan fingerprint density at radius 2 is 1.94 bits per heavy atom. The quantitative estimate of drug-likeness (QED) is 0.117. The number of anilines is 1. The van der Waals surface area contributed by atoms with Crippen molar-refractivity contribution in [3.8, 4) is 0 Å². The summed E-state index contributed by atoms with van der Waals surface area (Å²) in [6, 6.07) is -0.907. The molecule has 0 saturated carbocycles. The molecule has 1 unspecified atom stereocenters. The number of aromatic nitrogens is 4. The summed E-state index contributed by atoms with van der Waals surface area (Å²) in [5.74, 6) is 0.254. The van der Waals surface area contributed by atoms with Crippen LogP contribution in [-0.2, 0) is 25.0 Å². The number of aliphatic carboxylic acids is 1. The molecule has 8 N–H and O–H groups in total. The van der Waals surface area contributed by atoms with Crippen LogP contribution >= 0.6 is 7.82 Å². The van der Waals surface area contributed by atoms with Crippen molar-refractivity contribution in [2.45, 2.75) is 37.0 Å². The molecule has 1 aliphatic rings. The first-order valence-corrected chi connectivity index (χ1v) is 12.5. The molecule has 0 aliphatic carbocycles. The zero-order valence-electron chi connectivity index (χ0n) is 17.8. The summed E-state index contributed by atoms with van der Waals surface area (Å²) in [6.45, 7) is 0. The number of carboxylic acids is 1. The molecular formula is C15H24LiN6O9PS. The second-order valence-corrected chi connectivity index (χ2v) is 10.2. The molecule has 1 fully saturated rings. The van der Waals surface area contributed by atoms with E-state index in [1.807, 2.05) is 6.26 Å². The molecule has 1 saturated heterocycles. The van der Waals surface area contributed by atoms with E-state index in [-0.39, 0.29) is 35.6 Å². The van der Waals surface area contributed by atoms with Gasteiger partial charge < -0.3 is 50.8 Å². The summed E-state index contributed by atoms with van der Waals surface area (Å²) in [5, 5.41) is 29.7. The number of phosphoric acid groups is 1. The zero-order valence-corrected chi connectivity index (χ0v) is 19.5. The van der Waals surface area contributed by atoms with Gasteiger partial charge in [0.2, 0.25) is 0 Å². The molecule has 2 aromatic rings. The molecule has 180 valence electrons. The number of nitrogens with two attached hydrogens (primary N) is 2. The van der Waals surface area contributed by atoms with Crippen molar-refractivity contribution in [1.29, 1.82) is 0 Å². The Kier molecular flexibility index (Phi) is 11.2. The molecule has 3 heterocycles. The Balaban J connectivity index is 0.000000821. The van der Waals surface area contributed by atoms with Crippen LogP contribution in [0.15, 0.2) is 12.7 Å². The molecule has 0 radical (unpaired) electrons. The first-order valence-electron chi connectivity index (χ1n) is 9.06. The van der Waals surface area contributed by atoms with Crippen molar-refractivity contribution >= 4 is 41.7 Å². The number of hydrogen-bond donors (Lipinski definition) is 6. The fourth-order valence-electron chi connectivity index (χ4n) is 2.97. The summed E-state index contributed by atoms with van der Waals surface area (Å²) >= 11 is 0. The van der Waals surface area contributed by atoms with Gasteiger partial charge in [0.05, 0.1) is 20.4 Å². The SMILES string of the molecule is C[S+](CC[C@H](N)C(=O)O)C[C@H]1O[C@@H](n2cnc3c(N)ncnc32)[C@H](O)[C@@H]1O.O=P([O-])([O-])O.[Li+]. The standard InChI is InChI=1S/C15H22N6O5S.Li.H3O4P/c1-27(3-2-7(16)15(24)25)4-8-10(22)11(23)14(26-8)21-6-20-9-12(17)18-5-19-13(9)21;;1-5(2,3)4/h5-8,10-11,14,22-23H,2-4,16H2,1H3,(H2-,17,18,19,24,25);;(H3,1,2,3,4)/q;+1;/p-1/t7-,8+,10+,11+,14+,27?;;/m0../s1. The summed E-state index contributed by atoms with van der Waals surface area (Å²) in [7, 11) is -5.37. The van der Waals surface area contributed by atoms with Gasteiger partial charge in [-0.1, -0.05) is 0 Å². The van der Waals surface area contributed by atoms with Crippen molar-refractivity contribution in [3.63, 3.8) is 0 Å². The van der Waals surface area contributed by atoms with E-state index < -0.39 is 44.4 Å². The Bertz CT molecular complexity index is 972.